The third-order valence-electron chi connectivity index (χ3n) is 1.96. The summed E-state index contributed by atoms with van der Waals surface area (Å²) in [5.74, 6) is 0.591. The Balaban J connectivity index is 2.23. The van der Waals surface area contributed by atoms with Crippen molar-refractivity contribution in [2.45, 2.75) is 0 Å². The third-order valence-corrected chi connectivity index (χ3v) is 1.96. The molecule has 0 aliphatic carbocycles. The SMILES string of the molecule is COCCOCCOc1ccccc1C=O. The van der Waals surface area contributed by atoms with Crippen LogP contribution < -0.4 is 4.74 Å². The van der Waals surface area contributed by atoms with Crippen molar-refractivity contribution in [3.8, 4) is 5.75 Å². The summed E-state index contributed by atoms with van der Waals surface area (Å²) in [6.45, 7) is 2.03. The normalized spacial score (nSPS) is 10.1. The van der Waals surface area contributed by atoms with Crippen LogP contribution in [-0.4, -0.2) is 39.8 Å². The van der Waals surface area contributed by atoms with E-state index in [1.807, 2.05) is 6.07 Å². The van der Waals surface area contributed by atoms with E-state index in [1.54, 1.807) is 25.3 Å². The van der Waals surface area contributed by atoms with Crippen LogP contribution in [0.5, 0.6) is 5.75 Å². The number of methoxy groups -OCH3 is 1. The molecule has 0 fully saturated rings. The van der Waals surface area contributed by atoms with Crippen molar-refractivity contribution in [2.75, 3.05) is 33.5 Å². The highest BCUT2D eigenvalue weighted by Crippen LogP contribution is 2.15. The van der Waals surface area contributed by atoms with Crippen molar-refractivity contribution in [1.29, 1.82) is 0 Å². The lowest BCUT2D eigenvalue weighted by Crippen LogP contribution is -2.10. The van der Waals surface area contributed by atoms with Crippen LogP contribution in [0.15, 0.2) is 24.3 Å². The zero-order chi connectivity index (χ0) is 11.6. The largest absolute Gasteiger partial charge is 0.490 e. The summed E-state index contributed by atoms with van der Waals surface area (Å²) in [4.78, 5) is 10.7. The predicted molar refractivity (Wildman–Crippen MR) is 60.0 cm³/mol. The van der Waals surface area contributed by atoms with Crippen LogP contribution in [0.2, 0.25) is 0 Å². The lowest BCUT2D eigenvalue weighted by atomic mass is 10.2. The van der Waals surface area contributed by atoms with E-state index in [0.717, 1.165) is 6.29 Å². The molecule has 1 aromatic rings. The summed E-state index contributed by atoms with van der Waals surface area (Å²) < 4.78 is 15.5. The van der Waals surface area contributed by atoms with Crippen LogP contribution in [0.3, 0.4) is 0 Å². The van der Waals surface area contributed by atoms with Crippen molar-refractivity contribution in [1.82, 2.24) is 0 Å². The van der Waals surface area contributed by atoms with Crippen LogP contribution in [-0.2, 0) is 9.47 Å². The Morgan fingerprint density at radius 3 is 2.62 bits per heavy atom. The summed E-state index contributed by atoms with van der Waals surface area (Å²) in [6.07, 6.45) is 0.779. The van der Waals surface area contributed by atoms with Crippen LogP contribution in [0.25, 0.3) is 0 Å². The summed E-state index contributed by atoms with van der Waals surface area (Å²) in [5, 5.41) is 0. The van der Waals surface area contributed by atoms with E-state index < -0.39 is 0 Å². The maximum absolute atomic E-state index is 10.7. The molecular formula is C12H16O4. The molecule has 4 nitrogen and oxygen atoms in total. The van der Waals surface area contributed by atoms with Gasteiger partial charge >= 0.3 is 0 Å². The zero-order valence-corrected chi connectivity index (χ0v) is 9.35. The van der Waals surface area contributed by atoms with Crippen LogP contribution in [0.1, 0.15) is 10.4 Å². The van der Waals surface area contributed by atoms with Gasteiger partial charge < -0.3 is 14.2 Å². The molecule has 1 rings (SSSR count). The van der Waals surface area contributed by atoms with Gasteiger partial charge in [-0.15, -0.1) is 0 Å². The van der Waals surface area contributed by atoms with E-state index >= 15 is 0 Å². The molecule has 1 aromatic carbocycles. The lowest BCUT2D eigenvalue weighted by Gasteiger charge is -2.08. The minimum atomic E-state index is 0.425. The second-order valence-corrected chi connectivity index (χ2v) is 3.11. The van der Waals surface area contributed by atoms with Gasteiger partial charge in [0.25, 0.3) is 0 Å². The van der Waals surface area contributed by atoms with E-state index in [9.17, 15) is 4.79 Å². The van der Waals surface area contributed by atoms with Crippen molar-refractivity contribution in [3.63, 3.8) is 0 Å². The maximum Gasteiger partial charge on any atom is 0.153 e. The molecule has 0 amide bonds. The summed E-state index contributed by atoms with van der Waals surface area (Å²) in [7, 11) is 1.63. The second kappa shape index (κ2) is 7.84. The first-order chi connectivity index (χ1) is 7.88. The number of para-hydroxylation sites is 1. The third kappa shape index (κ3) is 4.42. The topological polar surface area (TPSA) is 44.8 Å². The molecule has 0 aliphatic rings. The molecule has 0 aliphatic heterocycles. The van der Waals surface area contributed by atoms with E-state index in [2.05, 4.69) is 0 Å². The molecule has 0 radical (unpaired) electrons. The highest BCUT2D eigenvalue weighted by molar-refractivity contribution is 5.79. The van der Waals surface area contributed by atoms with E-state index in [1.165, 1.54) is 0 Å². The smallest absolute Gasteiger partial charge is 0.153 e. The van der Waals surface area contributed by atoms with Gasteiger partial charge in [0.15, 0.2) is 6.29 Å². The number of rotatable bonds is 8. The van der Waals surface area contributed by atoms with E-state index in [-0.39, 0.29) is 0 Å². The van der Waals surface area contributed by atoms with Gasteiger partial charge in [-0.3, -0.25) is 4.79 Å². The highest BCUT2D eigenvalue weighted by Gasteiger charge is 2.00. The number of hydrogen-bond acceptors (Lipinski definition) is 4. The minimum Gasteiger partial charge on any atom is -0.490 e. The van der Waals surface area contributed by atoms with Gasteiger partial charge in [-0.2, -0.15) is 0 Å². The fraction of sp³-hybridized carbons (Fsp3) is 0.417. The van der Waals surface area contributed by atoms with Crippen molar-refractivity contribution < 1.29 is 19.0 Å². The molecule has 0 saturated carbocycles. The maximum atomic E-state index is 10.7. The van der Waals surface area contributed by atoms with E-state index in [4.69, 9.17) is 14.2 Å². The number of benzene rings is 1. The van der Waals surface area contributed by atoms with Gasteiger partial charge in [0.1, 0.15) is 12.4 Å². The average Bonchev–Trinajstić information content (AvgIpc) is 2.34. The van der Waals surface area contributed by atoms with Crippen LogP contribution >= 0.6 is 0 Å². The Kier molecular flexibility index (Phi) is 6.22. The van der Waals surface area contributed by atoms with Gasteiger partial charge in [0.2, 0.25) is 0 Å². The molecule has 0 bridgehead atoms. The molecule has 88 valence electrons. The standard InChI is InChI=1S/C12H16O4/c1-14-6-7-15-8-9-16-12-5-3-2-4-11(12)10-13/h2-5,10H,6-9H2,1H3. The number of aldehydes is 1. The Bertz CT molecular complexity index is 312. The molecule has 0 atom stereocenters. The van der Waals surface area contributed by atoms with Crippen molar-refractivity contribution in [3.05, 3.63) is 29.8 Å². The zero-order valence-electron chi connectivity index (χ0n) is 9.35. The first kappa shape index (κ1) is 12.7. The van der Waals surface area contributed by atoms with Gasteiger partial charge in [-0.25, -0.2) is 0 Å². The number of hydrogen-bond donors (Lipinski definition) is 0. The van der Waals surface area contributed by atoms with Crippen LogP contribution in [0.4, 0.5) is 0 Å². The van der Waals surface area contributed by atoms with Gasteiger partial charge in [0, 0.05) is 7.11 Å². The highest BCUT2D eigenvalue weighted by atomic mass is 16.5. The Hall–Kier alpha value is -1.39. The van der Waals surface area contributed by atoms with E-state index in [0.29, 0.717) is 37.7 Å². The van der Waals surface area contributed by atoms with Gasteiger partial charge in [0.05, 0.1) is 25.4 Å². The van der Waals surface area contributed by atoms with Crippen molar-refractivity contribution >= 4 is 6.29 Å². The lowest BCUT2D eigenvalue weighted by molar-refractivity contribution is 0.0543. The summed E-state index contributed by atoms with van der Waals surface area (Å²) in [5.41, 5.74) is 0.555. The molecular weight excluding hydrogens is 208 g/mol. The van der Waals surface area contributed by atoms with Gasteiger partial charge in [-0.05, 0) is 12.1 Å². The second-order valence-electron chi connectivity index (χ2n) is 3.11. The fourth-order valence-electron chi connectivity index (χ4n) is 1.16. The molecule has 0 N–H and O–H groups in total. The van der Waals surface area contributed by atoms with Crippen molar-refractivity contribution in [2.24, 2.45) is 0 Å². The fourth-order valence-corrected chi connectivity index (χ4v) is 1.16. The molecule has 0 unspecified atom stereocenters. The average molecular weight is 224 g/mol. The molecule has 0 spiro atoms. The predicted octanol–water partition coefficient (Wildman–Crippen LogP) is 1.54. The molecule has 0 heterocycles. The minimum absolute atomic E-state index is 0.425. The molecule has 0 aromatic heterocycles. The first-order valence-corrected chi connectivity index (χ1v) is 5.12. The molecule has 0 saturated heterocycles. The Morgan fingerprint density at radius 1 is 1.12 bits per heavy atom. The van der Waals surface area contributed by atoms with Crippen LogP contribution in [0, 0.1) is 0 Å². The molecule has 4 heteroatoms. The monoisotopic (exact) mass is 224 g/mol. The first-order valence-electron chi connectivity index (χ1n) is 5.12. The van der Waals surface area contributed by atoms with Gasteiger partial charge in [-0.1, -0.05) is 12.1 Å². The summed E-state index contributed by atoms with van der Waals surface area (Å²) in [6, 6.07) is 7.10. The number of carbonyl (C=O) groups excluding carboxylic acids is 1. The molecule has 16 heavy (non-hydrogen) atoms. The Labute approximate surface area is 95.1 Å². The Morgan fingerprint density at radius 2 is 1.88 bits per heavy atom. The number of ether oxygens (including phenoxy) is 3. The summed E-state index contributed by atoms with van der Waals surface area (Å²) >= 11 is 0. The number of carbonyl (C=O) groups is 1. The quantitative estimate of drug-likeness (QED) is 0.496.